The van der Waals surface area contributed by atoms with Gasteiger partial charge in [0.15, 0.2) is 0 Å². The molecule has 0 radical (unpaired) electrons. The first kappa shape index (κ1) is 10.4. The van der Waals surface area contributed by atoms with Crippen molar-refractivity contribution in [1.82, 2.24) is 9.88 Å². The minimum absolute atomic E-state index is 0.0142. The van der Waals surface area contributed by atoms with E-state index in [1.165, 1.54) is 0 Å². The summed E-state index contributed by atoms with van der Waals surface area (Å²) >= 11 is 0. The van der Waals surface area contributed by atoms with Gasteiger partial charge in [0.05, 0.1) is 5.56 Å². The summed E-state index contributed by atoms with van der Waals surface area (Å²) in [5.41, 5.74) is 0.618. The van der Waals surface area contributed by atoms with E-state index in [1.54, 1.807) is 24.5 Å². The molecule has 0 spiro atoms. The number of nitrogens with zero attached hydrogens (tertiary/aromatic N) is 2. The van der Waals surface area contributed by atoms with Gasteiger partial charge in [0.1, 0.15) is 5.78 Å². The zero-order chi connectivity index (χ0) is 11.8. The van der Waals surface area contributed by atoms with E-state index < -0.39 is 0 Å². The second-order valence-corrected chi connectivity index (χ2v) is 4.80. The van der Waals surface area contributed by atoms with Gasteiger partial charge in [-0.1, -0.05) is 0 Å². The van der Waals surface area contributed by atoms with Crippen molar-refractivity contribution in [3.63, 3.8) is 0 Å². The zero-order valence-corrected chi connectivity index (χ0v) is 9.50. The molecule has 2 aliphatic heterocycles. The van der Waals surface area contributed by atoms with Crippen molar-refractivity contribution in [2.75, 3.05) is 6.54 Å². The lowest BCUT2D eigenvalue weighted by molar-refractivity contribution is -0.130. The molecule has 4 heteroatoms. The SMILES string of the molecule is O=C1CC2CCC1CN2C(=O)c1cccnc1. The second kappa shape index (κ2) is 3.95. The Hall–Kier alpha value is -1.71. The Morgan fingerprint density at radius 3 is 2.88 bits per heavy atom. The number of fused-ring (bicyclic) bond motifs is 3. The maximum Gasteiger partial charge on any atom is 0.255 e. The zero-order valence-electron chi connectivity index (χ0n) is 9.50. The standard InChI is InChI=1S/C13H14N2O2/c16-12-6-11-4-3-10(12)8-15(11)13(17)9-2-1-5-14-7-9/h1-2,5,7,10-11H,3-4,6,8H2. The number of ketones is 1. The van der Waals surface area contributed by atoms with Crippen molar-refractivity contribution >= 4 is 11.7 Å². The fourth-order valence-electron chi connectivity index (χ4n) is 2.80. The van der Waals surface area contributed by atoms with Gasteiger partial charge in [0, 0.05) is 37.3 Å². The number of carbonyl (C=O) groups excluding carboxylic acids is 2. The molecule has 88 valence electrons. The van der Waals surface area contributed by atoms with Crippen LogP contribution in [0.3, 0.4) is 0 Å². The van der Waals surface area contributed by atoms with Gasteiger partial charge in [-0.15, -0.1) is 0 Å². The lowest BCUT2D eigenvalue weighted by atomic mass is 9.78. The molecule has 3 fully saturated rings. The lowest BCUT2D eigenvalue weighted by Gasteiger charge is -2.44. The molecule has 1 aromatic heterocycles. The summed E-state index contributed by atoms with van der Waals surface area (Å²) in [6.45, 7) is 0.594. The van der Waals surface area contributed by atoms with Crippen LogP contribution in [0.5, 0.6) is 0 Å². The molecule has 3 heterocycles. The molecule has 17 heavy (non-hydrogen) atoms. The van der Waals surface area contributed by atoms with Crippen molar-refractivity contribution < 1.29 is 9.59 Å². The summed E-state index contributed by atoms with van der Waals surface area (Å²) in [7, 11) is 0. The van der Waals surface area contributed by atoms with Crippen LogP contribution in [0.4, 0.5) is 0 Å². The summed E-state index contributed by atoms with van der Waals surface area (Å²) in [6.07, 6.45) is 5.69. The summed E-state index contributed by atoms with van der Waals surface area (Å²) in [6, 6.07) is 3.65. The molecule has 3 aliphatic rings. The first-order chi connectivity index (χ1) is 8.25. The topological polar surface area (TPSA) is 50.3 Å². The average Bonchev–Trinajstić information content (AvgIpc) is 2.39. The highest BCUT2D eigenvalue weighted by Gasteiger charge is 2.41. The quantitative estimate of drug-likeness (QED) is 0.730. The third-order valence-corrected chi connectivity index (χ3v) is 3.77. The summed E-state index contributed by atoms with van der Waals surface area (Å²) < 4.78 is 0. The van der Waals surface area contributed by atoms with E-state index in [9.17, 15) is 9.59 Å². The molecule has 0 aromatic carbocycles. The van der Waals surface area contributed by atoms with Gasteiger partial charge in [0.25, 0.3) is 5.91 Å². The van der Waals surface area contributed by atoms with E-state index in [2.05, 4.69) is 4.98 Å². The van der Waals surface area contributed by atoms with Gasteiger partial charge in [-0.05, 0) is 25.0 Å². The number of amides is 1. The number of hydrogen-bond donors (Lipinski definition) is 0. The van der Waals surface area contributed by atoms with Gasteiger partial charge in [-0.3, -0.25) is 14.6 Å². The highest BCUT2D eigenvalue weighted by molar-refractivity contribution is 5.96. The Kier molecular flexibility index (Phi) is 2.42. The van der Waals surface area contributed by atoms with Crippen LogP contribution in [0.25, 0.3) is 0 Å². The fourth-order valence-corrected chi connectivity index (χ4v) is 2.80. The minimum Gasteiger partial charge on any atom is -0.334 e. The van der Waals surface area contributed by atoms with E-state index in [0.717, 1.165) is 12.8 Å². The summed E-state index contributed by atoms with van der Waals surface area (Å²) in [4.78, 5) is 29.7. The number of rotatable bonds is 1. The monoisotopic (exact) mass is 230 g/mol. The Morgan fingerprint density at radius 2 is 2.29 bits per heavy atom. The van der Waals surface area contributed by atoms with E-state index in [-0.39, 0.29) is 17.9 Å². The van der Waals surface area contributed by atoms with Crippen LogP contribution in [-0.4, -0.2) is 34.2 Å². The third-order valence-electron chi connectivity index (χ3n) is 3.77. The van der Waals surface area contributed by atoms with Crippen molar-refractivity contribution in [3.8, 4) is 0 Å². The second-order valence-electron chi connectivity index (χ2n) is 4.80. The molecule has 2 saturated heterocycles. The van der Waals surface area contributed by atoms with Gasteiger partial charge in [-0.2, -0.15) is 0 Å². The van der Waals surface area contributed by atoms with Gasteiger partial charge < -0.3 is 4.90 Å². The van der Waals surface area contributed by atoms with Gasteiger partial charge >= 0.3 is 0 Å². The van der Waals surface area contributed by atoms with E-state index in [0.29, 0.717) is 24.3 Å². The van der Waals surface area contributed by atoms with Crippen LogP contribution in [0.15, 0.2) is 24.5 Å². The predicted molar refractivity (Wildman–Crippen MR) is 61.4 cm³/mol. The molecule has 0 N–H and O–H groups in total. The van der Waals surface area contributed by atoms with Crippen LogP contribution in [0.2, 0.25) is 0 Å². The van der Waals surface area contributed by atoms with Gasteiger partial charge in [-0.25, -0.2) is 0 Å². The molecular weight excluding hydrogens is 216 g/mol. The first-order valence-electron chi connectivity index (χ1n) is 5.99. The first-order valence-corrected chi connectivity index (χ1v) is 5.99. The Balaban J connectivity index is 1.82. The Bertz CT molecular complexity index is 458. The van der Waals surface area contributed by atoms with Crippen molar-refractivity contribution in [3.05, 3.63) is 30.1 Å². The van der Waals surface area contributed by atoms with Crippen molar-refractivity contribution in [2.45, 2.75) is 25.3 Å². The number of carbonyl (C=O) groups is 2. The van der Waals surface area contributed by atoms with Crippen LogP contribution in [-0.2, 0) is 4.79 Å². The molecule has 2 bridgehead atoms. The summed E-state index contributed by atoms with van der Waals surface area (Å²) in [5.74, 6) is 0.414. The molecule has 1 saturated carbocycles. The van der Waals surface area contributed by atoms with Crippen LogP contribution >= 0.6 is 0 Å². The van der Waals surface area contributed by atoms with Crippen molar-refractivity contribution in [2.24, 2.45) is 5.92 Å². The van der Waals surface area contributed by atoms with E-state index >= 15 is 0 Å². The van der Waals surface area contributed by atoms with Gasteiger partial charge in [0.2, 0.25) is 0 Å². The highest BCUT2D eigenvalue weighted by Crippen LogP contribution is 2.33. The highest BCUT2D eigenvalue weighted by atomic mass is 16.2. The number of aromatic nitrogens is 1. The number of pyridine rings is 1. The van der Waals surface area contributed by atoms with Crippen molar-refractivity contribution in [1.29, 1.82) is 0 Å². The number of hydrogen-bond acceptors (Lipinski definition) is 3. The smallest absolute Gasteiger partial charge is 0.255 e. The number of piperidine rings is 2. The molecule has 2 unspecified atom stereocenters. The van der Waals surface area contributed by atoms with Crippen LogP contribution in [0, 0.1) is 5.92 Å². The molecular formula is C13H14N2O2. The largest absolute Gasteiger partial charge is 0.334 e. The molecule has 4 rings (SSSR count). The number of Topliss-reactive ketones (excluding diaryl/α,β-unsaturated/α-hetero) is 1. The maximum absolute atomic E-state index is 12.3. The van der Waals surface area contributed by atoms with Crippen LogP contribution < -0.4 is 0 Å². The Morgan fingerprint density at radius 1 is 1.41 bits per heavy atom. The van der Waals surface area contributed by atoms with E-state index in [1.807, 2.05) is 4.90 Å². The lowest BCUT2D eigenvalue weighted by Crippen LogP contribution is -2.54. The molecule has 4 nitrogen and oxygen atoms in total. The van der Waals surface area contributed by atoms with Crippen LogP contribution in [0.1, 0.15) is 29.6 Å². The third kappa shape index (κ3) is 1.73. The molecule has 1 amide bonds. The normalized spacial score (nSPS) is 27.3. The fraction of sp³-hybridized carbons (Fsp3) is 0.462. The maximum atomic E-state index is 12.3. The minimum atomic E-state index is 0.0142. The summed E-state index contributed by atoms with van der Waals surface area (Å²) in [5, 5.41) is 0. The average molecular weight is 230 g/mol. The predicted octanol–water partition coefficient (Wildman–Crippen LogP) is 1.28. The Labute approximate surface area is 99.6 Å². The molecule has 1 aromatic rings. The van der Waals surface area contributed by atoms with E-state index in [4.69, 9.17) is 0 Å². The molecule has 1 aliphatic carbocycles. The molecule has 2 atom stereocenters.